The van der Waals surface area contributed by atoms with Crippen molar-refractivity contribution >= 4 is 15.9 Å². The van der Waals surface area contributed by atoms with Crippen LogP contribution in [-0.2, 0) is 6.61 Å². The third-order valence-corrected chi connectivity index (χ3v) is 3.73. The molecule has 2 rings (SSSR count). The molecule has 0 bridgehead atoms. The minimum atomic E-state index is -0.276. The first-order valence-corrected chi connectivity index (χ1v) is 6.91. The molecule has 2 aromatic carbocycles. The Morgan fingerprint density at radius 3 is 2.26 bits per heavy atom. The van der Waals surface area contributed by atoms with E-state index in [9.17, 15) is 4.39 Å². The van der Waals surface area contributed by atoms with E-state index in [1.54, 1.807) is 6.07 Å². The molecule has 0 saturated carbocycles. The predicted octanol–water partition coefficient (Wildman–Crippen LogP) is 5.09. The number of hydrogen-bond acceptors (Lipinski definition) is 1. The standard InChI is InChI=1S/C16H16BrFO/c1-10-6-11(2)14(12(3)7-10)9-19-16-5-4-13(18)8-15(16)17/h4-8H,9H2,1-3H3. The third-order valence-electron chi connectivity index (χ3n) is 3.11. The zero-order valence-electron chi connectivity index (χ0n) is 11.3. The van der Waals surface area contributed by atoms with E-state index < -0.39 is 0 Å². The fraction of sp³-hybridized carbons (Fsp3) is 0.250. The summed E-state index contributed by atoms with van der Waals surface area (Å²) in [5.41, 5.74) is 4.87. The first kappa shape index (κ1) is 14.1. The fourth-order valence-corrected chi connectivity index (χ4v) is 2.65. The van der Waals surface area contributed by atoms with Gasteiger partial charge in [-0.3, -0.25) is 0 Å². The molecular weight excluding hydrogens is 307 g/mol. The Labute approximate surface area is 121 Å². The zero-order chi connectivity index (χ0) is 14.0. The molecule has 19 heavy (non-hydrogen) atoms. The SMILES string of the molecule is Cc1cc(C)c(COc2ccc(F)cc2Br)c(C)c1. The van der Waals surface area contributed by atoms with Gasteiger partial charge in [-0.15, -0.1) is 0 Å². The Kier molecular flexibility index (Phi) is 4.25. The van der Waals surface area contributed by atoms with Crippen LogP contribution < -0.4 is 4.74 Å². The summed E-state index contributed by atoms with van der Waals surface area (Å²) in [5, 5.41) is 0. The largest absolute Gasteiger partial charge is 0.488 e. The van der Waals surface area contributed by atoms with E-state index in [1.807, 2.05) is 0 Å². The van der Waals surface area contributed by atoms with Crippen LogP contribution in [0.3, 0.4) is 0 Å². The second kappa shape index (κ2) is 5.74. The number of hydrogen-bond donors (Lipinski definition) is 0. The van der Waals surface area contributed by atoms with Gasteiger partial charge in [0.1, 0.15) is 18.2 Å². The van der Waals surface area contributed by atoms with Crippen molar-refractivity contribution in [3.63, 3.8) is 0 Å². The molecule has 0 aromatic heterocycles. The Bertz CT molecular complexity index is 585. The Morgan fingerprint density at radius 2 is 1.68 bits per heavy atom. The smallest absolute Gasteiger partial charge is 0.134 e. The highest BCUT2D eigenvalue weighted by molar-refractivity contribution is 9.10. The van der Waals surface area contributed by atoms with Gasteiger partial charge < -0.3 is 4.74 Å². The average molecular weight is 323 g/mol. The highest BCUT2D eigenvalue weighted by Crippen LogP contribution is 2.27. The van der Waals surface area contributed by atoms with Crippen molar-refractivity contribution in [1.82, 2.24) is 0 Å². The van der Waals surface area contributed by atoms with Crippen LogP contribution in [0.4, 0.5) is 4.39 Å². The third kappa shape index (κ3) is 3.35. The van der Waals surface area contributed by atoms with Crippen LogP contribution in [0.15, 0.2) is 34.8 Å². The van der Waals surface area contributed by atoms with Crippen LogP contribution in [0.1, 0.15) is 22.3 Å². The maximum Gasteiger partial charge on any atom is 0.134 e. The summed E-state index contributed by atoms with van der Waals surface area (Å²) in [6, 6.07) is 8.73. The van der Waals surface area contributed by atoms with Gasteiger partial charge >= 0.3 is 0 Å². The summed E-state index contributed by atoms with van der Waals surface area (Å²) in [7, 11) is 0. The maximum absolute atomic E-state index is 13.0. The minimum absolute atomic E-state index is 0.276. The molecule has 0 fully saturated rings. The van der Waals surface area contributed by atoms with Crippen molar-refractivity contribution < 1.29 is 9.13 Å². The number of benzene rings is 2. The van der Waals surface area contributed by atoms with Crippen molar-refractivity contribution in [3.8, 4) is 5.75 Å². The van der Waals surface area contributed by atoms with Crippen molar-refractivity contribution in [2.75, 3.05) is 0 Å². The van der Waals surface area contributed by atoms with Crippen molar-refractivity contribution in [1.29, 1.82) is 0 Å². The number of ether oxygens (including phenoxy) is 1. The Hall–Kier alpha value is -1.35. The average Bonchev–Trinajstić information content (AvgIpc) is 2.30. The summed E-state index contributed by atoms with van der Waals surface area (Å²) in [6.45, 7) is 6.74. The molecule has 0 amide bonds. The topological polar surface area (TPSA) is 9.23 Å². The normalized spacial score (nSPS) is 10.6. The van der Waals surface area contributed by atoms with E-state index in [0.29, 0.717) is 16.8 Å². The lowest BCUT2D eigenvalue weighted by atomic mass is 10.0. The Balaban J connectivity index is 2.19. The first-order chi connectivity index (χ1) is 8.97. The first-order valence-electron chi connectivity index (χ1n) is 6.12. The van der Waals surface area contributed by atoms with Gasteiger partial charge in [0, 0.05) is 0 Å². The molecular formula is C16H16BrFO. The molecule has 0 radical (unpaired) electrons. The summed E-state index contributed by atoms with van der Waals surface area (Å²) >= 11 is 3.30. The summed E-state index contributed by atoms with van der Waals surface area (Å²) < 4.78 is 19.4. The van der Waals surface area contributed by atoms with Gasteiger partial charge in [-0.2, -0.15) is 0 Å². The van der Waals surface area contributed by atoms with Crippen LogP contribution in [-0.4, -0.2) is 0 Å². The lowest BCUT2D eigenvalue weighted by Crippen LogP contribution is -2.02. The van der Waals surface area contributed by atoms with Crippen LogP contribution in [0.25, 0.3) is 0 Å². The van der Waals surface area contributed by atoms with Crippen LogP contribution in [0.5, 0.6) is 5.75 Å². The van der Waals surface area contributed by atoms with Gasteiger partial charge in [0.2, 0.25) is 0 Å². The summed E-state index contributed by atoms with van der Waals surface area (Å²) in [6.07, 6.45) is 0. The second-order valence-corrected chi connectivity index (χ2v) is 5.60. The van der Waals surface area contributed by atoms with Crippen molar-refractivity contribution in [2.45, 2.75) is 27.4 Å². The van der Waals surface area contributed by atoms with Crippen LogP contribution in [0.2, 0.25) is 0 Å². The molecule has 3 heteroatoms. The van der Waals surface area contributed by atoms with E-state index >= 15 is 0 Å². The lowest BCUT2D eigenvalue weighted by molar-refractivity contribution is 0.302. The van der Waals surface area contributed by atoms with Crippen molar-refractivity contribution in [2.24, 2.45) is 0 Å². The van der Waals surface area contributed by atoms with Gasteiger partial charge in [-0.05, 0) is 71.6 Å². The van der Waals surface area contributed by atoms with Gasteiger partial charge in [0.15, 0.2) is 0 Å². The summed E-state index contributed by atoms with van der Waals surface area (Å²) in [5.74, 6) is 0.377. The molecule has 2 aromatic rings. The molecule has 0 saturated heterocycles. The molecule has 0 unspecified atom stereocenters. The highest BCUT2D eigenvalue weighted by Gasteiger charge is 2.07. The number of rotatable bonds is 3. The molecule has 100 valence electrons. The molecule has 0 atom stereocenters. The van der Waals surface area contributed by atoms with Gasteiger partial charge in [0.25, 0.3) is 0 Å². The molecule has 0 heterocycles. The van der Waals surface area contributed by atoms with Gasteiger partial charge in [-0.25, -0.2) is 4.39 Å². The van der Waals surface area contributed by atoms with E-state index in [-0.39, 0.29) is 5.82 Å². The monoisotopic (exact) mass is 322 g/mol. The van der Waals surface area contributed by atoms with Gasteiger partial charge in [-0.1, -0.05) is 17.7 Å². The molecule has 0 aliphatic rings. The van der Waals surface area contributed by atoms with E-state index in [4.69, 9.17) is 4.74 Å². The summed E-state index contributed by atoms with van der Waals surface area (Å²) in [4.78, 5) is 0. The van der Waals surface area contributed by atoms with Crippen LogP contribution in [0, 0.1) is 26.6 Å². The van der Waals surface area contributed by atoms with E-state index in [1.165, 1.54) is 34.4 Å². The minimum Gasteiger partial charge on any atom is -0.488 e. The second-order valence-electron chi connectivity index (χ2n) is 4.74. The molecule has 1 nitrogen and oxygen atoms in total. The van der Waals surface area contributed by atoms with Crippen molar-refractivity contribution in [3.05, 3.63) is 62.9 Å². The van der Waals surface area contributed by atoms with Crippen LogP contribution >= 0.6 is 15.9 Å². The predicted molar refractivity (Wildman–Crippen MR) is 79.1 cm³/mol. The van der Waals surface area contributed by atoms with E-state index in [2.05, 4.69) is 48.8 Å². The molecule has 0 aliphatic heterocycles. The zero-order valence-corrected chi connectivity index (χ0v) is 12.8. The fourth-order valence-electron chi connectivity index (χ4n) is 2.18. The van der Waals surface area contributed by atoms with Gasteiger partial charge in [0.05, 0.1) is 4.47 Å². The molecule has 0 N–H and O–H groups in total. The lowest BCUT2D eigenvalue weighted by Gasteiger charge is -2.13. The Morgan fingerprint density at radius 1 is 1.05 bits per heavy atom. The maximum atomic E-state index is 13.0. The molecule has 0 aliphatic carbocycles. The quantitative estimate of drug-likeness (QED) is 0.764. The number of aryl methyl sites for hydroxylation is 3. The molecule has 0 spiro atoms. The highest BCUT2D eigenvalue weighted by atomic mass is 79.9. The van der Waals surface area contributed by atoms with E-state index in [0.717, 1.165) is 0 Å². The number of halogens is 2.